The first-order valence-corrected chi connectivity index (χ1v) is 4.62. The molecule has 1 aromatic carbocycles. The molecule has 0 unspecified atom stereocenters. The molecular formula is C10H7Cl2N. The van der Waals surface area contributed by atoms with E-state index in [9.17, 15) is 0 Å². The summed E-state index contributed by atoms with van der Waals surface area (Å²) in [6.45, 7) is 0. The molecule has 1 nitrogen and oxygen atoms in total. The molecule has 0 spiro atoms. The molecule has 0 fully saturated rings. The van der Waals surface area contributed by atoms with Gasteiger partial charge >= 0.3 is 0 Å². The minimum atomic E-state index is 0.268. The van der Waals surface area contributed by atoms with Gasteiger partial charge in [0.1, 0.15) is 4.49 Å². The second kappa shape index (κ2) is 3.44. The summed E-state index contributed by atoms with van der Waals surface area (Å²) in [5, 5.41) is 1.13. The molecule has 0 aliphatic heterocycles. The Balaban J connectivity index is 2.65. The smallest absolute Gasteiger partial charge is 0.107 e. The molecule has 3 heteroatoms. The number of aromatic nitrogens is 1. The van der Waals surface area contributed by atoms with E-state index in [2.05, 4.69) is 4.98 Å². The number of benzene rings is 1. The van der Waals surface area contributed by atoms with Gasteiger partial charge in [0.2, 0.25) is 0 Å². The number of H-pyrrole nitrogens is 1. The van der Waals surface area contributed by atoms with Gasteiger partial charge < -0.3 is 4.98 Å². The van der Waals surface area contributed by atoms with Crippen LogP contribution in [0, 0.1) is 0 Å². The van der Waals surface area contributed by atoms with E-state index in [4.69, 9.17) is 23.2 Å². The second-order valence-electron chi connectivity index (χ2n) is 2.72. The summed E-state index contributed by atoms with van der Waals surface area (Å²) >= 11 is 11.2. The molecule has 2 rings (SSSR count). The Labute approximate surface area is 86.0 Å². The zero-order chi connectivity index (χ0) is 9.26. The highest BCUT2D eigenvalue weighted by molar-refractivity contribution is 6.57. The molecule has 0 atom stereocenters. The highest BCUT2D eigenvalue weighted by Crippen LogP contribution is 2.22. The van der Waals surface area contributed by atoms with Crippen LogP contribution in [0.5, 0.6) is 0 Å². The molecule has 0 amide bonds. The quantitative estimate of drug-likeness (QED) is 0.736. The standard InChI is InChI=1S/C10H7Cl2N/c11-10(12)5-7-6-13-9-4-2-1-3-8(7)9/h1-6,13H. The van der Waals surface area contributed by atoms with E-state index in [1.54, 1.807) is 6.08 Å². The van der Waals surface area contributed by atoms with Crippen LogP contribution in [0.2, 0.25) is 0 Å². The Morgan fingerprint density at radius 3 is 2.77 bits per heavy atom. The summed E-state index contributed by atoms with van der Waals surface area (Å²) in [7, 11) is 0. The largest absolute Gasteiger partial charge is 0.361 e. The maximum absolute atomic E-state index is 5.58. The Morgan fingerprint density at radius 2 is 2.00 bits per heavy atom. The zero-order valence-electron chi connectivity index (χ0n) is 6.72. The van der Waals surface area contributed by atoms with Gasteiger partial charge in [0, 0.05) is 22.7 Å². The molecule has 1 heterocycles. The van der Waals surface area contributed by atoms with Crippen LogP contribution in [0.25, 0.3) is 17.0 Å². The Bertz CT molecular complexity index is 453. The molecule has 1 N–H and O–H groups in total. The molecule has 0 bridgehead atoms. The fourth-order valence-electron chi connectivity index (χ4n) is 1.33. The van der Waals surface area contributed by atoms with E-state index in [1.165, 1.54) is 0 Å². The topological polar surface area (TPSA) is 15.8 Å². The van der Waals surface area contributed by atoms with Crippen LogP contribution in [0.4, 0.5) is 0 Å². The number of aromatic amines is 1. The van der Waals surface area contributed by atoms with Crippen molar-refractivity contribution in [2.24, 2.45) is 0 Å². The maximum Gasteiger partial charge on any atom is 0.107 e. The monoisotopic (exact) mass is 211 g/mol. The van der Waals surface area contributed by atoms with Crippen molar-refractivity contribution < 1.29 is 0 Å². The van der Waals surface area contributed by atoms with E-state index in [-0.39, 0.29) is 4.49 Å². The summed E-state index contributed by atoms with van der Waals surface area (Å²) < 4.78 is 0.268. The van der Waals surface area contributed by atoms with Gasteiger partial charge in [0.25, 0.3) is 0 Å². The van der Waals surface area contributed by atoms with Gasteiger partial charge in [0.15, 0.2) is 0 Å². The fourth-order valence-corrected chi connectivity index (χ4v) is 1.57. The van der Waals surface area contributed by atoms with Crippen LogP contribution in [0.3, 0.4) is 0 Å². The number of nitrogens with one attached hydrogen (secondary N) is 1. The van der Waals surface area contributed by atoms with Gasteiger partial charge in [-0.15, -0.1) is 0 Å². The summed E-state index contributed by atoms with van der Waals surface area (Å²) in [6, 6.07) is 7.99. The third kappa shape index (κ3) is 1.71. The zero-order valence-corrected chi connectivity index (χ0v) is 8.23. The summed E-state index contributed by atoms with van der Waals surface area (Å²) in [6.07, 6.45) is 3.61. The molecule has 66 valence electrons. The van der Waals surface area contributed by atoms with E-state index in [1.807, 2.05) is 30.5 Å². The van der Waals surface area contributed by atoms with Crippen molar-refractivity contribution in [3.05, 3.63) is 40.5 Å². The number of fused-ring (bicyclic) bond motifs is 1. The van der Waals surface area contributed by atoms with Gasteiger partial charge in [-0.05, 0) is 12.1 Å². The Hall–Kier alpha value is -0.920. The fraction of sp³-hybridized carbons (Fsp3) is 0. The van der Waals surface area contributed by atoms with E-state index in [0.29, 0.717) is 0 Å². The van der Waals surface area contributed by atoms with Crippen molar-refractivity contribution in [2.75, 3.05) is 0 Å². The summed E-state index contributed by atoms with van der Waals surface area (Å²) in [5.41, 5.74) is 2.10. The lowest BCUT2D eigenvalue weighted by Crippen LogP contribution is -1.67. The first-order chi connectivity index (χ1) is 6.27. The summed E-state index contributed by atoms with van der Waals surface area (Å²) in [4.78, 5) is 3.13. The number of hydrogen-bond acceptors (Lipinski definition) is 0. The highest BCUT2D eigenvalue weighted by atomic mass is 35.5. The Kier molecular flexibility index (Phi) is 2.30. The van der Waals surface area contributed by atoms with Gasteiger partial charge in [0.05, 0.1) is 0 Å². The molecule has 0 aliphatic rings. The third-order valence-corrected chi connectivity index (χ3v) is 2.10. The van der Waals surface area contributed by atoms with Crippen LogP contribution in [0.15, 0.2) is 35.0 Å². The maximum atomic E-state index is 5.58. The molecule has 0 saturated heterocycles. The first-order valence-electron chi connectivity index (χ1n) is 3.86. The average molecular weight is 212 g/mol. The van der Waals surface area contributed by atoms with Crippen molar-refractivity contribution in [3.63, 3.8) is 0 Å². The number of halogens is 2. The molecule has 0 aliphatic carbocycles. The minimum Gasteiger partial charge on any atom is -0.361 e. The van der Waals surface area contributed by atoms with Crippen LogP contribution >= 0.6 is 23.2 Å². The van der Waals surface area contributed by atoms with E-state index in [0.717, 1.165) is 16.5 Å². The van der Waals surface area contributed by atoms with Crippen molar-refractivity contribution >= 4 is 40.2 Å². The first kappa shape index (κ1) is 8.67. The number of hydrogen-bond donors (Lipinski definition) is 1. The van der Waals surface area contributed by atoms with E-state index >= 15 is 0 Å². The predicted molar refractivity (Wildman–Crippen MR) is 58.0 cm³/mol. The Morgan fingerprint density at radius 1 is 1.23 bits per heavy atom. The van der Waals surface area contributed by atoms with Gasteiger partial charge in [-0.2, -0.15) is 0 Å². The second-order valence-corrected chi connectivity index (χ2v) is 3.73. The van der Waals surface area contributed by atoms with Crippen molar-refractivity contribution in [1.82, 2.24) is 4.98 Å². The lowest BCUT2D eigenvalue weighted by molar-refractivity contribution is 1.47. The van der Waals surface area contributed by atoms with Crippen molar-refractivity contribution in [1.29, 1.82) is 0 Å². The highest BCUT2D eigenvalue weighted by Gasteiger charge is 1.99. The SMILES string of the molecule is ClC(Cl)=Cc1c[nH]c2ccccc12. The summed E-state index contributed by atoms with van der Waals surface area (Å²) in [5.74, 6) is 0. The molecule has 0 saturated carbocycles. The lowest BCUT2D eigenvalue weighted by atomic mass is 10.2. The molecule has 1 aromatic heterocycles. The average Bonchev–Trinajstić information content (AvgIpc) is 2.48. The minimum absolute atomic E-state index is 0.268. The normalized spacial score (nSPS) is 10.3. The van der Waals surface area contributed by atoms with Crippen LogP contribution in [-0.2, 0) is 0 Å². The van der Waals surface area contributed by atoms with Gasteiger partial charge in [-0.3, -0.25) is 0 Å². The van der Waals surface area contributed by atoms with Gasteiger partial charge in [-0.25, -0.2) is 0 Å². The molecule has 0 radical (unpaired) electrons. The number of rotatable bonds is 1. The lowest BCUT2D eigenvalue weighted by Gasteiger charge is -1.89. The number of para-hydroxylation sites is 1. The van der Waals surface area contributed by atoms with Gasteiger partial charge in [-0.1, -0.05) is 41.4 Å². The molecular weight excluding hydrogens is 205 g/mol. The molecule has 2 aromatic rings. The van der Waals surface area contributed by atoms with Crippen LogP contribution < -0.4 is 0 Å². The third-order valence-electron chi connectivity index (χ3n) is 1.89. The van der Waals surface area contributed by atoms with Crippen molar-refractivity contribution in [3.8, 4) is 0 Å². The van der Waals surface area contributed by atoms with E-state index < -0.39 is 0 Å². The van der Waals surface area contributed by atoms with Crippen LogP contribution in [0.1, 0.15) is 5.56 Å². The predicted octanol–water partition coefficient (Wildman–Crippen LogP) is 3.94. The van der Waals surface area contributed by atoms with Crippen LogP contribution in [-0.4, -0.2) is 4.98 Å². The van der Waals surface area contributed by atoms with Crippen molar-refractivity contribution in [2.45, 2.75) is 0 Å². The molecule has 13 heavy (non-hydrogen) atoms.